The molecule has 7 aromatic rings. The third kappa shape index (κ3) is 16.6. The summed E-state index contributed by atoms with van der Waals surface area (Å²) < 4.78 is 2.18. The topological polar surface area (TPSA) is 95.2 Å². The van der Waals surface area contributed by atoms with Crippen LogP contribution in [0.5, 0.6) is 0 Å². The maximum Gasteiger partial charge on any atom is 2.00 e. The molecule has 56 heavy (non-hydrogen) atoms. The van der Waals surface area contributed by atoms with Gasteiger partial charge in [-0.05, 0) is 110 Å². The Morgan fingerprint density at radius 2 is 0.839 bits per heavy atom. The van der Waals surface area contributed by atoms with E-state index < -0.39 is 0 Å². The van der Waals surface area contributed by atoms with Crippen LogP contribution in [0.3, 0.4) is 0 Å². The van der Waals surface area contributed by atoms with Gasteiger partial charge in [-0.1, -0.05) is 82.1 Å². The number of pyridine rings is 6. The third-order valence-corrected chi connectivity index (χ3v) is 9.13. The summed E-state index contributed by atoms with van der Waals surface area (Å²) in [7, 11) is 0. The van der Waals surface area contributed by atoms with Crippen LogP contribution < -0.4 is 0 Å². The van der Waals surface area contributed by atoms with Crippen molar-refractivity contribution in [1.29, 1.82) is 0 Å². The van der Waals surface area contributed by atoms with E-state index in [1.807, 2.05) is 104 Å². The van der Waals surface area contributed by atoms with E-state index in [9.17, 15) is 0 Å². The van der Waals surface area contributed by atoms with Crippen LogP contribution in [0.4, 0.5) is 0 Å². The van der Waals surface area contributed by atoms with E-state index in [-0.39, 0.29) is 19.5 Å². The molecule has 0 fully saturated rings. The molecule has 8 nitrogen and oxygen atoms in total. The molecule has 0 unspecified atom stereocenters. The molecule has 0 bridgehead atoms. The predicted molar refractivity (Wildman–Crippen MR) is 224 cm³/mol. The SMILES string of the molecule is Cc1ccnc(-c2cc(CCCCCCCCCCCCCn3ccnc3)ccn2)c1.[Ru+2].c1ccc(-c2ccccn2)nc1.c1ccc(-c2ccccn2)nc1. The predicted octanol–water partition coefficient (Wildman–Crippen LogP) is 11.5. The fraction of sp³-hybridized carbons (Fsp3) is 0.298. The number of hydrogen-bond donors (Lipinski definition) is 0. The summed E-state index contributed by atoms with van der Waals surface area (Å²) >= 11 is 0. The molecule has 288 valence electrons. The largest absolute Gasteiger partial charge is 2.00 e. The Balaban J connectivity index is 0.000000225. The molecule has 0 spiro atoms. The van der Waals surface area contributed by atoms with E-state index in [4.69, 9.17) is 0 Å². The molecule has 0 aliphatic carbocycles. The summed E-state index contributed by atoms with van der Waals surface area (Å²) in [5, 5.41) is 0. The zero-order valence-corrected chi connectivity index (χ0v) is 34.3. The Morgan fingerprint density at radius 3 is 1.27 bits per heavy atom. The summed E-state index contributed by atoms with van der Waals surface area (Å²) in [5.41, 5.74) is 8.22. The van der Waals surface area contributed by atoms with Crippen LogP contribution in [-0.4, -0.2) is 39.5 Å². The molecule has 0 aliphatic heterocycles. The molecule has 0 aromatic carbocycles. The van der Waals surface area contributed by atoms with Crippen LogP contribution in [0.25, 0.3) is 34.2 Å². The number of unbranched alkanes of at least 4 members (excludes halogenated alkanes) is 10. The van der Waals surface area contributed by atoms with Gasteiger partial charge in [0.1, 0.15) is 0 Å². The van der Waals surface area contributed by atoms with Gasteiger partial charge in [-0.15, -0.1) is 0 Å². The average Bonchev–Trinajstić information content (AvgIpc) is 3.78. The molecule has 7 rings (SSSR count). The van der Waals surface area contributed by atoms with Crippen molar-refractivity contribution in [2.24, 2.45) is 0 Å². The quantitative estimate of drug-likeness (QED) is 0.0666. The van der Waals surface area contributed by atoms with Gasteiger partial charge in [0.05, 0.1) is 40.5 Å². The van der Waals surface area contributed by atoms with Crippen molar-refractivity contribution in [3.05, 3.63) is 164 Å². The van der Waals surface area contributed by atoms with E-state index in [1.54, 1.807) is 24.8 Å². The standard InChI is InChI=1S/C27H38N4.2C10H8N2.Ru/c1-24-14-16-29-26(21-24)27-22-25(15-17-30-27)13-11-9-7-5-3-2-4-6-8-10-12-19-31-20-18-28-23-31;2*1-3-7-11-9(5-1)10-6-2-4-8-12-10;/h14-18,20-23H,2-13,19H2,1H3;2*1-8H;/q;;;+2. The first kappa shape index (κ1) is 43.5. The van der Waals surface area contributed by atoms with Crippen molar-refractivity contribution in [3.63, 3.8) is 0 Å². The smallest absolute Gasteiger partial charge is 0.337 e. The summed E-state index contributed by atoms with van der Waals surface area (Å²) in [6.07, 6.45) is 32.7. The number of nitrogens with zero attached hydrogens (tertiary/aromatic N) is 8. The number of aryl methyl sites for hydroxylation is 3. The van der Waals surface area contributed by atoms with Crippen LogP contribution in [0.2, 0.25) is 0 Å². The minimum Gasteiger partial charge on any atom is -0.337 e. The molecular formula is C47H54N8Ru+2. The van der Waals surface area contributed by atoms with Gasteiger partial charge >= 0.3 is 19.5 Å². The van der Waals surface area contributed by atoms with Crippen molar-refractivity contribution in [2.45, 2.75) is 90.5 Å². The molecule has 0 N–H and O–H groups in total. The maximum absolute atomic E-state index is 4.51. The summed E-state index contributed by atoms with van der Waals surface area (Å²) in [6, 6.07) is 31.7. The van der Waals surface area contributed by atoms with Crippen LogP contribution in [0.15, 0.2) is 153 Å². The minimum absolute atomic E-state index is 0. The van der Waals surface area contributed by atoms with Gasteiger partial charge in [0.2, 0.25) is 0 Å². The zero-order chi connectivity index (χ0) is 38.0. The van der Waals surface area contributed by atoms with Gasteiger partial charge in [-0.25, -0.2) is 4.98 Å². The van der Waals surface area contributed by atoms with Gasteiger partial charge in [0.15, 0.2) is 0 Å². The van der Waals surface area contributed by atoms with Gasteiger partial charge in [0, 0.05) is 56.1 Å². The first-order valence-electron chi connectivity index (χ1n) is 19.7. The molecule has 0 aliphatic rings. The Labute approximate surface area is 346 Å². The van der Waals surface area contributed by atoms with Crippen molar-refractivity contribution in [1.82, 2.24) is 39.5 Å². The monoisotopic (exact) mass is 832 g/mol. The molecule has 7 aromatic heterocycles. The fourth-order valence-electron chi connectivity index (χ4n) is 6.14. The fourth-order valence-corrected chi connectivity index (χ4v) is 6.14. The van der Waals surface area contributed by atoms with E-state index in [0.717, 1.165) is 47.1 Å². The second-order valence-electron chi connectivity index (χ2n) is 13.6. The van der Waals surface area contributed by atoms with Gasteiger partial charge in [-0.3, -0.25) is 29.9 Å². The first-order chi connectivity index (χ1) is 27.2. The third-order valence-electron chi connectivity index (χ3n) is 9.13. The minimum atomic E-state index is 0. The zero-order valence-electron chi connectivity index (χ0n) is 32.6. The van der Waals surface area contributed by atoms with Crippen LogP contribution in [0, 0.1) is 6.92 Å². The van der Waals surface area contributed by atoms with Crippen LogP contribution >= 0.6 is 0 Å². The summed E-state index contributed by atoms with van der Waals surface area (Å²) in [5.74, 6) is 0. The van der Waals surface area contributed by atoms with E-state index in [0.29, 0.717) is 0 Å². The molecular weight excluding hydrogens is 778 g/mol. The molecule has 9 heteroatoms. The normalized spacial score (nSPS) is 10.3. The summed E-state index contributed by atoms with van der Waals surface area (Å²) in [6.45, 7) is 3.21. The summed E-state index contributed by atoms with van der Waals surface area (Å²) in [4.78, 5) is 29.8. The van der Waals surface area contributed by atoms with Crippen molar-refractivity contribution >= 4 is 0 Å². The van der Waals surface area contributed by atoms with Crippen LogP contribution in [-0.2, 0) is 32.4 Å². The van der Waals surface area contributed by atoms with Gasteiger partial charge in [-0.2, -0.15) is 0 Å². The van der Waals surface area contributed by atoms with Gasteiger partial charge in [0.25, 0.3) is 0 Å². The average molecular weight is 832 g/mol. The Hall–Kier alpha value is -5.27. The Morgan fingerprint density at radius 1 is 0.411 bits per heavy atom. The number of aromatic nitrogens is 8. The maximum atomic E-state index is 4.51. The molecule has 0 saturated carbocycles. The van der Waals surface area contributed by atoms with Gasteiger partial charge < -0.3 is 4.57 Å². The van der Waals surface area contributed by atoms with E-state index >= 15 is 0 Å². The molecule has 0 radical (unpaired) electrons. The second kappa shape index (κ2) is 26.5. The van der Waals surface area contributed by atoms with Crippen molar-refractivity contribution in [3.8, 4) is 34.2 Å². The van der Waals surface area contributed by atoms with Crippen molar-refractivity contribution < 1.29 is 19.5 Å². The van der Waals surface area contributed by atoms with Crippen LogP contribution in [0.1, 0.15) is 81.8 Å². The number of rotatable bonds is 17. The number of imidazole rings is 1. The first-order valence-corrected chi connectivity index (χ1v) is 19.7. The molecule has 0 amide bonds. The molecule has 7 heterocycles. The second-order valence-corrected chi connectivity index (χ2v) is 13.6. The van der Waals surface area contributed by atoms with Crippen molar-refractivity contribution in [2.75, 3.05) is 0 Å². The number of hydrogen-bond acceptors (Lipinski definition) is 7. The Bertz CT molecular complexity index is 1850. The Kier molecular flexibility index (Phi) is 20.6. The van der Waals surface area contributed by atoms with E-state index in [1.165, 1.54) is 81.8 Å². The molecule has 0 atom stereocenters. The molecule has 0 saturated heterocycles. The van der Waals surface area contributed by atoms with E-state index in [2.05, 4.69) is 70.8 Å².